The SMILES string of the molecule is CCCCCCCCCCCCCC/C=C\CCCCCCCCCCC(O)C(=O)NC(CO)C(O)C(O)CCC/C=C/CCCCCCCCCCCCCCCCCCC. The molecule has 0 saturated heterocycles. The molecule has 0 aromatic heterocycles. The van der Waals surface area contributed by atoms with Crippen molar-refractivity contribution in [2.75, 3.05) is 6.61 Å². The lowest BCUT2D eigenvalue weighted by molar-refractivity contribution is -0.132. The highest BCUT2D eigenvalue weighted by Gasteiger charge is 2.28. The van der Waals surface area contributed by atoms with Crippen LogP contribution in [0.2, 0.25) is 0 Å². The average molecular weight is 876 g/mol. The number of nitrogens with one attached hydrogen (secondary N) is 1. The Hall–Kier alpha value is -1.21. The van der Waals surface area contributed by atoms with E-state index in [-0.39, 0.29) is 0 Å². The van der Waals surface area contributed by atoms with Gasteiger partial charge in [-0.25, -0.2) is 0 Å². The van der Waals surface area contributed by atoms with E-state index in [2.05, 4.69) is 43.5 Å². The number of carbonyl (C=O) groups is 1. The Kier molecular flexibility index (Phi) is 49.8. The largest absolute Gasteiger partial charge is 0.394 e. The first-order valence-corrected chi connectivity index (χ1v) is 27.7. The molecule has 6 nitrogen and oxygen atoms in total. The van der Waals surface area contributed by atoms with Crippen LogP contribution in [0.15, 0.2) is 24.3 Å². The van der Waals surface area contributed by atoms with Gasteiger partial charge in [0.1, 0.15) is 12.2 Å². The molecule has 62 heavy (non-hydrogen) atoms. The minimum Gasteiger partial charge on any atom is -0.394 e. The van der Waals surface area contributed by atoms with Gasteiger partial charge in [-0.2, -0.15) is 0 Å². The van der Waals surface area contributed by atoms with E-state index in [9.17, 15) is 25.2 Å². The quantitative estimate of drug-likeness (QED) is 0.0309. The number of carbonyl (C=O) groups excluding carboxylic acids is 1. The summed E-state index contributed by atoms with van der Waals surface area (Å²) in [6.45, 7) is 4.08. The van der Waals surface area contributed by atoms with Crippen molar-refractivity contribution >= 4 is 5.91 Å². The van der Waals surface area contributed by atoms with E-state index >= 15 is 0 Å². The maximum Gasteiger partial charge on any atom is 0.249 e. The summed E-state index contributed by atoms with van der Waals surface area (Å²) in [7, 11) is 0. The van der Waals surface area contributed by atoms with E-state index in [0.717, 1.165) is 38.5 Å². The molecule has 0 aromatic carbocycles. The summed E-state index contributed by atoms with van der Waals surface area (Å²) in [5.41, 5.74) is 0. The van der Waals surface area contributed by atoms with Gasteiger partial charge in [-0.15, -0.1) is 0 Å². The van der Waals surface area contributed by atoms with Crippen LogP contribution in [-0.4, -0.2) is 57.3 Å². The zero-order valence-electron chi connectivity index (χ0n) is 41.6. The van der Waals surface area contributed by atoms with Crippen molar-refractivity contribution in [2.45, 2.75) is 321 Å². The number of rotatable bonds is 51. The third kappa shape index (κ3) is 44.0. The number of hydrogen-bond acceptors (Lipinski definition) is 5. The van der Waals surface area contributed by atoms with Crippen molar-refractivity contribution in [2.24, 2.45) is 0 Å². The minimum absolute atomic E-state index is 0.361. The molecule has 0 aliphatic heterocycles. The van der Waals surface area contributed by atoms with Gasteiger partial charge >= 0.3 is 0 Å². The normalized spacial score (nSPS) is 14.0. The molecule has 0 bridgehead atoms. The van der Waals surface area contributed by atoms with Gasteiger partial charge in [-0.1, -0.05) is 256 Å². The summed E-state index contributed by atoms with van der Waals surface area (Å²) >= 11 is 0. The number of aliphatic hydroxyl groups excluding tert-OH is 4. The van der Waals surface area contributed by atoms with Crippen molar-refractivity contribution in [3.8, 4) is 0 Å². The highest BCUT2D eigenvalue weighted by atomic mass is 16.3. The molecule has 0 spiro atoms. The third-order valence-electron chi connectivity index (χ3n) is 13.1. The van der Waals surface area contributed by atoms with Gasteiger partial charge in [0.15, 0.2) is 0 Å². The van der Waals surface area contributed by atoms with E-state index in [4.69, 9.17) is 0 Å². The van der Waals surface area contributed by atoms with Gasteiger partial charge in [0.25, 0.3) is 0 Å². The monoisotopic (exact) mass is 876 g/mol. The molecule has 4 unspecified atom stereocenters. The van der Waals surface area contributed by atoms with Crippen LogP contribution in [0.3, 0.4) is 0 Å². The van der Waals surface area contributed by atoms with Crippen LogP contribution in [0.1, 0.15) is 296 Å². The van der Waals surface area contributed by atoms with Gasteiger partial charge in [-0.05, 0) is 64.2 Å². The molecule has 0 aliphatic carbocycles. The van der Waals surface area contributed by atoms with E-state index in [1.165, 1.54) is 231 Å². The van der Waals surface area contributed by atoms with Gasteiger partial charge in [0.2, 0.25) is 5.91 Å². The molecule has 368 valence electrons. The van der Waals surface area contributed by atoms with Gasteiger partial charge < -0.3 is 25.7 Å². The standard InChI is InChI=1S/C56H109NO5/c1-3-5-7-9-11-13-15-17-19-21-23-25-27-28-30-32-34-36-38-40-42-44-46-48-50-54(60)56(62)57-52(51-58)55(61)53(59)49-47-45-43-41-39-37-35-33-31-29-26-24-22-20-18-16-14-12-10-8-6-4-2/h28,30,41,43,52-55,58-61H,3-27,29,31-40,42,44-51H2,1-2H3,(H,57,62)/b30-28-,43-41+. The number of aliphatic hydroxyl groups is 4. The second-order valence-corrected chi connectivity index (χ2v) is 19.3. The molecule has 0 aromatic rings. The molecule has 0 aliphatic rings. The molecular formula is C56H109NO5. The fraction of sp³-hybridized carbons (Fsp3) is 0.911. The van der Waals surface area contributed by atoms with Gasteiger partial charge in [-0.3, -0.25) is 4.79 Å². The fourth-order valence-corrected chi connectivity index (χ4v) is 8.75. The van der Waals surface area contributed by atoms with Crippen LogP contribution in [0.5, 0.6) is 0 Å². The summed E-state index contributed by atoms with van der Waals surface area (Å²) in [5.74, 6) is -0.592. The first-order valence-electron chi connectivity index (χ1n) is 27.7. The van der Waals surface area contributed by atoms with Gasteiger partial charge in [0.05, 0.1) is 18.8 Å². The fourth-order valence-electron chi connectivity index (χ4n) is 8.75. The highest BCUT2D eigenvalue weighted by Crippen LogP contribution is 2.17. The van der Waals surface area contributed by atoms with Crippen molar-refractivity contribution < 1.29 is 25.2 Å². The Balaban J connectivity index is 3.67. The Morgan fingerprint density at radius 2 is 0.661 bits per heavy atom. The molecule has 4 atom stereocenters. The topological polar surface area (TPSA) is 110 Å². The maximum atomic E-state index is 12.6. The van der Waals surface area contributed by atoms with Crippen LogP contribution < -0.4 is 5.32 Å². The number of unbranched alkanes of at least 4 members (excludes halogenated alkanes) is 38. The summed E-state index contributed by atoms with van der Waals surface area (Å²) in [6.07, 6.45) is 61.0. The Labute approximate surface area is 386 Å². The number of allylic oxidation sites excluding steroid dienone is 4. The molecular weight excluding hydrogens is 767 g/mol. The lowest BCUT2D eigenvalue weighted by Gasteiger charge is -2.27. The lowest BCUT2D eigenvalue weighted by Crippen LogP contribution is -2.53. The summed E-state index contributed by atoms with van der Waals surface area (Å²) in [4.78, 5) is 12.6. The molecule has 0 heterocycles. The smallest absolute Gasteiger partial charge is 0.249 e. The van der Waals surface area contributed by atoms with Crippen molar-refractivity contribution in [3.05, 3.63) is 24.3 Å². The summed E-state index contributed by atoms with van der Waals surface area (Å²) in [5, 5.41) is 43.9. The lowest BCUT2D eigenvalue weighted by atomic mass is 10.00. The van der Waals surface area contributed by atoms with Crippen LogP contribution in [-0.2, 0) is 4.79 Å². The third-order valence-corrected chi connectivity index (χ3v) is 13.1. The van der Waals surface area contributed by atoms with E-state index < -0.39 is 36.9 Å². The second-order valence-electron chi connectivity index (χ2n) is 19.3. The maximum absolute atomic E-state index is 12.6. The molecule has 5 N–H and O–H groups in total. The molecule has 1 amide bonds. The Morgan fingerprint density at radius 3 is 0.968 bits per heavy atom. The van der Waals surface area contributed by atoms with E-state index in [0.29, 0.717) is 12.8 Å². The van der Waals surface area contributed by atoms with Crippen molar-refractivity contribution in [1.29, 1.82) is 0 Å². The zero-order valence-corrected chi connectivity index (χ0v) is 41.6. The second kappa shape index (κ2) is 50.8. The predicted molar refractivity (Wildman–Crippen MR) is 270 cm³/mol. The zero-order chi connectivity index (χ0) is 45.2. The van der Waals surface area contributed by atoms with E-state index in [1.807, 2.05) is 0 Å². The minimum atomic E-state index is -1.28. The first-order chi connectivity index (χ1) is 30.5. The van der Waals surface area contributed by atoms with Crippen LogP contribution in [0.4, 0.5) is 0 Å². The van der Waals surface area contributed by atoms with Crippen LogP contribution >= 0.6 is 0 Å². The molecule has 0 fully saturated rings. The molecule has 6 heteroatoms. The Bertz CT molecular complexity index is 939. The van der Waals surface area contributed by atoms with Crippen LogP contribution in [0, 0.1) is 0 Å². The molecule has 0 radical (unpaired) electrons. The predicted octanol–water partition coefficient (Wildman–Crippen LogP) is 15.9. The Morgan fingerprint density at radius 1 is 0.387 bits per heavy atom. The first kappa shape index (κ1) is 60.8. The average Bonchev–Trinajstić information content (AvgIpc) is 3.28. The molecule has 0 rings (SSSR count). The molecule has 0 saturated carbocycles. The highest BCUT2D eigenvalue weighted by molar-refractivity contribution is 5.80. The van der Waals surface area contributed by atoms with E-state index in [1.54, 1.807) is 0 Å². The summed E-state index contributed by atoms with van der Waals surface area (Å²) < 4.78 is 0. The number of hydrogen-bond donors (Lipinski definition) is 5. The van der Waals surface area contributed by atoms with Crippen molar-refractivity contribution in [3.63, 3.8) is 0 Å². The van der Waals surface area contributed by atoms with Crippen molar-refractivity contribution in [1.82, 2.24) is 5.32 Å². The summed E-state index contributed by atoms with van der Waals surface area (Å²) in [6, 6.07) is -1.00. The van der Waals surface area contributed by atoms with Crippen LogP contribution in [0.25, 0.3) is 0 Å². The number of amides is 1. The van der Waals surface area contributed by atoms with Gasteiger partial charge in [0, 0.05) is 0 Å².